The molecule has 0 aliphatic heterocycles. The van der Waals surface area contributed by atoms with E-state index in [9.17, 15) is 53.4 Å². The Labute approximate surface area is 149 Å². The van der Waals surface area contributed by atoms with Gasteiger partial charge in [0.1, 0.15) is 0 Å². The van der Waals surface area contributed by atoms with Crippen molar-refractivity contribution in [3.05, 3.63) is 34.9 Å². The smallest absolute Gasteiger partial charge is 0.385 e. The first-order valence-corrected chi connectivity index (χ1v) is 7.15. The molecule has 1 unspecified atom stereocenters. The van der Waals surface area contributed by atoms with Crippen LogP contribution in [0.5, 0.6) is 0 Å². The summed E-state index contributed by atoms with van der Waals surface area (Å²) < 4.78 is 143. The average Bonchev–Trinajstić information content (AvgIpc) is 2.44. The summed E-state index contributed by atoms with van der Waals surface area (Å²) in [5.41, 5.74) is -3.73. The second kappa shape index (κ2) is 6.64. The predicted molar refractivity (Wildman–Crippen MR) is 71.5 cm³/mol. The summed E-state index contributed by atoms with van der Waals surface area (Å²) in [6, 6.07) is 4.18. The second-order valence-corrected chi connectivity index (χ2v) is 6.26. The molecule has 0 fully saturated rings. The molecule has 13 heteroatoms. The maximum absolute atomic E-state index is 13.8. The molecule has 1 N–H and O–H groups in total. The summed E-state index contributed by atoms with van der Waals surface area (Å²) in [6.45, 7) is 0.429. The molecule has 156 valence electrons. The van der Waals surface area contributed by atoms with Crippen molar-refractivity contribution in [2.24, 2.45) is 0 Å². The molecule has 0 saturated heterocycles. The Balaban J connectivity index is 3.38. The Bertz CT molecular complexity index is 682. The van der Waals surface area contributed by atoms with Crippen molar-refractivity contribution in [1.82, 2.24) is 0 Å². The summed E-state index contributed by atoms with van der Waals surface area (Å²) in [4.78, 5) is 0. The summed E-state index contributed by atoms with van der Waals surface area (Å²) in [5, 5.41) is 9.48. The zero-order valence-corrected chi connectivity index (χ0v) is 13.8. The molecule has 0 aliphatic rings. The zero-order valence-electron chi connectivity index (χ0n) is 13.0. The molecular weight excluding hydrogens is 429 g/mol. The lowest BCUT2D eigenvalue weighted by molar-refractivity contribution is -0.424. The highest BCUT2D eigenvalue weighted by atomic mass is 35.5. The lowest BCUT2D eigenvalue weighted by Crippen LogP contribution is -2.67. The van der Waals surface area contributed by atoms with E-state index in [1.165, 1.54) is 6.07 Å². The zero-order chi connectivity index (χ0) is 21.7. The Morgan fingerprint density at radius 2 is 1.22 bits per heavy atom. The molecule has 0 aromatic heterocycles. The van der Waals surface area contributed by atoms with Crippen molar-refractivity contribution in [2.45, 2.75) is 48.8 Å². The van der Waals surface area contributed by atoms with Crippen molar-refractivity contribution in [1.29, 1.82) is 0 Å². The fourth-order valence-corrected chi connectivity index (χ4v) is 2.48. The number of hydrogen-bond acceptors (Lipinski definition) is 1. The molecule has 0 bridgehead atoms. The minimum absolute atomic E-state index is 0.429. The van der Waals surface area contributed by atoms with Crippen LogP contribution in [0.15, 0.2) is 24.3 Å². The molecule has 0 spiro atoms. The van der Waals surface area contributed by atoms with Crippen molar-refractivity contribution in [3.63, 3.8) is 0 Å². The van der Waals surface area contributed by atoms with E-state index in [0.717, 1.165) is 18.2 Å². The van der Waals surface area contributed by atoms with Crippen LogP contribution in [-0.2, 0) is 5.60 Å². The van der Waals surface area contributed by atoms with Gasteiger partial charge in [-0.05, 0) is 13.0 Å². The van der Waals surface area contributed by atoms with Gasteiger partial charge in [0.25, 0.3) is 0 Å². The van der Waals surface area contributed by atoms with E-state index in [2.05, 4.69) is 0 Å². The van der Waals surface area contributed by atoms with Gasteiger partial charge < -0.3 is 5.11 Å². The molecule has 0 amide bonds. The number of halogens is 12. The quantitative estimate of drug-likeness (QED) is 0.537. The second-order valence-electron chi connectivity index (χ2n) is 5.86. The van der Waals surface area contributed by atoms with E-state index in [-0.39, 0.29) is 0 Å². The number of hydrogen-bond donors (Lipinski definition) is 1. The molecule has 0 aliphatic carbocycles. The Morgan fingerprint density at radius 3 is 1.63 bits per heavy atom. The number of aliphatic hydroxyl groups is 1. The summed E-state index contributed by atoms with van der Waals surface area (Å²) in [7, 11) is 0. The van der Waals surface area contributed by atoms with Crippen LogP contribution in [0.25, 0.3) is 0 Å². The van der Waals surface area contributed by atoms with Crippen LogP contribution in [0, 0.1) is 0 Å². The maximum atomic E-state index is 13.8. The molecule has 0 radical (unpaired) electrons. The van der Waals surface area contributed by atoms with Crippen molar-refractivity contribution >= 4 is 11.6 Å². The summed E-state index contributed by atoms with van der Waals surface area (Å²) in [6.07, 6.45) is -9.86. The van der Waals surface area contributed by atoms with E-state index in [0.29, 0.717) is 6.92 Å². The van der Waals surface area contributed by atoms with Crippen LogP contribution in [0.4, 0.5) is 48.3 Å². The van der Waals surface area contributed by atoms with Crippen LogP contribution in [0.3, 0.4) is 0 Å². The normalized spacial score (nSPS) is 17.0. The highest BCUT2D eigenvalue weighted by Gasteiger charge is 2.87. The van der Waals surface area contributed by atoms with Gasteiger partial charge in [-0.1, -0.05) is 29.8 Å². The Hall–Kier alpha value is -1.30. The van der Waals surface area contributed by atoms with E-state index in [1.807, 2.05) is 0 Å². The van der Waals surface area contributed by atoms with Gasteiger partial charge in [0.2, 0.25) is 0 Å². The molecule has 0 saturated carbocycles. The SMILES string of the molecule is CC(O)(CC(F)(F)C(F)(F)C(F)(F)C(F)(F)C(F)(F)F)c1ccccc1Cl. The van der Waals surface area contributed by atoms with Gasteiger partial charge in [0.05, 0.1) is 12.0 Å². The Morgan fingerprint density at radius 1 is 0.778 bits per heavy atom. The lowest BCUT2D eigenvalue weighted by atomic mass is 9.85. The lowest BCUT2D eigenvalue weighted by Gasteiger charge is -2.39. The molecule has 1 aromatic carbocycles. The number of benzene rings is 1. The van der Waals surface area contributed by atoms with Crippen LogP contribution in [0.1, 0.15) is 18.9 Å². The third-order valence-corrected chi connectivity index (χ3v) is 3.95. The van der Waals surface area contributed by atoms with E-state index >= 15 is 0 Å². The van der Waals surface area contributed by atoms with E-state index in [1.54, 1.807) is 0 Å². The number of rotatable bonds is 6. The summed E-state index contributed by atoms with van der Waals surface area (Å²) in [5.74, 6) is -28.3. The first-order valence-electron chi connectivity index (χ1n) is 6.78. The highest BCUT2D eigenvalue weighted by Crippen LogP contribution is 2.59. The van der Waals surface area contributed by atoms with Crippen LogP contribution in [0.2, 0.25) is 5.02 Å². The fraction of sp³-hybridized carbons (Fsp3) is 0.571. The van der Waals surface area contributed by atoms with Gasteiger partial charge >= 0.3 is 29.9 Å². The summed E-state index contributed by atoms with van der Waals surface area (Å²) >= 11 is 5.56. The largest absolute Gasteiger partial charge is 0.460 e. The van der Waals surface area contributed by atoms with E-state index in [4.69, 9.17) is 11.6 Å². The monoisotopic (exact) mass is 438 g/mol. The average molecular weight is 439 g/mol. The molecule has 1 rings (SSSR count). The van der Waals surface area contributed by atoms with Crippen molar-refractivity contribution < 1.29 is 53.4 Å². The van der Waals surface area contributed by atoms with Crippen LogP contribution >= 0.6 is 11.6 Å². The van der Waals surface area contributed by atoms with Gasteiger partial charge in [-0.3, -0.25) is 0 Å². The van der Waals surface area contributed by atoms with Crippen LogP contribution < -0.4 is 0 Å². The molecule has 1 atom stereocenters. The highest BCUT2D eigenvalue weighted by molar-refractivity contribution is 6.31. The van der Waals surface area contributed by atoms with Crippen molar-refractivity contribution in [3.8, 4) is 0 Å². The van der Waals surface area contributed by atoms with Gasteiger partial charge in [-0.15, -0.1) is 0 Å². The topological polar surface area (TPSA) is 20.2 Å². The minimum Gasteiger partial charge on any atom is -0.385 e. The predicted octanol–water partition coefficient (Wildman–Crippen LogP) is 6.04. The van der Waals surface area contributed by atoms with Gasteiger partial charge in [0, 0.05) is 10.6 Å². The van der Waals surface area contributed by atoms with Crippen molar-refractivity contribution in [2.75, 3.05) is 0 Å². The maximum Gasteiger partial charge on any atom is 0.460 e. The third kappa shape index (κ3) is 3.82. The first kappa shape index (κ1) is 23.7. The molecular formula is C14H10ClF11O. The Kier molecular flexibility index (Phi) is 5.84. The molecule has 27 heavy (non-hydrogen) atoms. The standard InChI is InChI=1S/C14H10ClF11O/c1-9(27,7-4-2-3-5-8(7)15)6-10(16,17)11(18,19)12(20,21)13(22,23)14(24,25)26/h2-5,27H,6H2,1H3. The third-order valence-electron chi connectivity index (χ3n) is 3.62. The van der Waals surface area contributed by atoms with E-state index < -0.39 is 52.5 Å². The van der Waals surface area contributed by atoms with Crippen LogP contribution in [-0.4, -0.2) is 35.0 Å². The van der Waals surface area contributed by atoms with Gasteiger partial charge in [0.15, 0.2) is 0 Å². The van der Waals surface area contributed by atoms with Gasteiger partial charge in [-0.2, -0.15) is 48.3 Å². The fourth-order valence-electron chi connectivity index (χ4n) is 2.14. The molecule has 0 heterocycles. The van der Waals surface area contributed by atoms with Gasteiger partial charge in [-0.25, -0.2) is 0 Å². The first-order chi connectivity index (χ1) is 11.7. The minimum atomic E-state index is -7.52. The molecule has 1 nitrogen and oxygen atoms in total. The number of alkyl halides is 11. The molecule has 1 aromatic rings.